The Morgan fingerprint density at radius 3 is 2.65 bits per heavy atom. The van der Waals surface area contributed by atoms with Crippen molar-refractivity contribution in [2.45, 2.75) is 6.92 Å². The fourth-order valence-electron chi connectivity index (χ4n) is 1.69. The minimum absolute atomic E-state index is 0.0224. The summed E-state index contributed by atoms with van der Waals surface area (Å²) in [6, 6.07) is 3.12. The Hall–Kier alpha value is -2.77. The molecule has 1 unspecified atom stereocenters. The molecule has 122 valence electrons. The molecule has 0 spiro atoms. The number of benzene rings is 1. The van der Waals surface area contributed by atoms with Gasteiger partial charge in [-0.25, -0.2) is 17.9 Å². The second-order valence-electron chi connectivity index (χ2n) is 4.75. The second kappa shape index (κ2) is 6.99. The van der Waals surface area contributed by atoms with Gasteiger partial charge in [0.25, 0.3) is 0 Å². The summed E-state index contributed by atoms with van der Waals surface area (Å²) in [5.74, 6) is -4.81. The van der Waals surface area contributed by atoms with Gasteiger partial charge in [-0.1, -0.05) is 19.1 Å². The topological polar surface area (TPSA) is 70.1 Å². The summed E-state index contributed by atoms with van der Waals surface area (Å²) in [4.78, 5) is 10.8. The molecule has 0 saturated heterocycles. The van der Waals surface area contributed by atoms with Crippen molar-refractivity contribution in [1.29, 1.82) is 0 Å². The Morgan fingerprint density at radius 1 is 1.39 bits per heavy atom. The van der Waals surface area contributed by atoms with Crippen molar-refractivity contribution >= 4 is 5.91 Å². The van der Waals surface area contributed by atoms with Gasteiger partial charge in [0, 0.05) is 24.4 Å². The van der Waals surface area contributed by atoms with Crippen molar-refractivity contribution in [2.75, 3.05) is 6.61 Å². The molecule has 23 heavy (non-hydrogen) atoms. The van der Waals surface area contributed by atoms with Crippen LogP contribution in [-0.4, -0.2) is 22.3 Å². The molecule has 1 aromatic carbocycles. The highest BCUT2D eigenvalue weighted by atomic mass is 19.2. The molecule has 2 aromatic rings. The number of nitrogens with two attached hydrogens (primary N) is 1. The minimum Gasteiger partial charge on any atom is -0.472 e. The van der Waals surface area contributed by atoms with Crippen LogP contribution in [0, 0.1) is 23.4 Å². The van der Waals surface area contributed by atoms with Crippen LogP contribution in [0.3, 0.4) is 0 Å². The fourth-order valence-corrected chi connectivity index (χ4v) is 1.69. The van der Waals surface area contributed by atoms with Gasteiger partial charge in [0.05, 0.1) is 11.6 Å². The highest BCUT2D eigenvalue weighted by Crippen LogP contribution is 2.18. The third kappa shape index (κ3) is 4.12. The van der Waals surface area contributed by atoms with E-state index in [1.807, 2.05) is 0 Å². The Labute approximate surface area is 130 Å². The van der Waals surface area contributed by atoms with E-state index < -0.39 is 29.3 Å². The zero-order chi connectivity index (χ0) is 17.0. The average molecular weight is 325 g/mol. The third-order valence-electron chi connectivity index (χ3n) is 3.00. The standard InChI is InChI=1S/C15H14F3N3O2/c1-9(15(19)22)3-2-6-23-13-4-5-21(20-13)10-7-11(16)14(18)12(17)8-10/h2-5,7-9H,6H2,1H3,(H2,19,22). The predicted octanol–water partition coefficient (Wildman–Crippen LogP) is 2.35. The number of aromatic nitrogens is 2. The lowest BCUT2D eigenvalue weighted by Crippen LogP contribution is -2.18. The summed E-state index contributed by atoms with van der Waals surface area (Å²) < 4.78 is 45.7. The Kier molecular flexibility index (Phi) is 5.05. The molecule has 2 N–H and O–H groups in total. The van der Waals surface area contributed by atoms with E-state index in [-0.39, 0.29) is 18.2 Å². The van der Waals surface area contributed by atoms with Gasteiger partial charge < -0.3 is 10.5 Å². The Bertz CT molecular complexity index is 720. The SMILES string of the molecule is CC(C=CCOc1ccn(-c2cc(F)c(F)c(F)c2)n1)C(N)=O. The maximum Gasteiger partial charge on any atom is 0.233 e. The number of amides is 1. The van der Waals surface area contributed by atoms with Crippen molar-refractivity contribution < 1.29 is 22.7 Å². The molecular formula is C15H14F3N3O2. The molecule has 1 amide bonds. The Balaban J connectivity index is 2.02. The molecule has 0 bridgehead atoms. The van der Waals surface area contributed by atoms with E-state index in [0.717, 1.165) is 16.8 Å². The average Bonchev–Trinajstić information content (AvgIpc) is 2.97. The molecule has 0 aliphatic heterocycles. The first-order valence-electron chi connectivity index (χ1n) is 6.68. The number of halogens is 3. The van der Waals surface area contributed by atoms with E-state index in [2.05, 4.69) is 5.10 Å². The first kappa shape index (κ1) is 16.6. The number of rotatable bonds is 6. The van der Waals surface area contributed by atoms with Crippen LogP contribution in [0.1, 0.15) is 6.92 Å². The molecule has 5 nitrogen and oxygen atoms in total. The van der Waals surface area contributed by atoms with Crippen molar-refractivity contribution in [2.24, 2.45) is 11.7 Å². The van der Waals surface area contributed by atoms with Gasteiger partial charge in [0.15, 0.2) is 17.5 Å². The van der Waals surface area contributed by atoms with Gasteiger partial charge in [-0.2, -0.15) is 0 Å². The van der Waals surface area contributed by atoms with E-state index >= 15 is 0 Å². The van der Waals surface area contributed by atoms with Crippen LogP contribution in [0.4, 0.5) is 13.2 Å². The minimum atomic E-state index is -1.54. The van der Waals surface area contributed by atoms with Crippen molar-refractivity contribution in [3.63, 3.8) is 0 Å². The highest BCUT2D eigenvalue weighted by molar-refractivity contribution is 5.77. The number of carbonyl (C=O) groups excluding carboxylic acids is 1. The molecule has 2 rings (SSSR count). The van der Waals surface area contributed by atoms with E-state index in [1.165, 1.54) is 12.3 Å². The molecule has 0 radical (unpaired) electrons. The van der Waals surface area contributed by atoms with Gasteiger partial charge in [-0.3, -0.25) is 4.79 Å². The van der Waals surface area contributed by atoms with E-state index in [1.54, 1.807) is 19.1 Å². The van der Waals surface area contributed by atoms with Crippen LogP contribution >= 0.6 is 0 Å². The summed E-state index contributed by atoms with van der Waals surface area (Å²) in [6.45, 7) is 1.78. The molecule has 1 heterocycles. The molecule has 0 fully saturated rings. The van der Waals surface area contributed by atoms with Crippen LogP contribution in [0.25, 0.3) is 5.69 Å². The summed E-state index contributed by atoms with van der Waals surface area (Å²) >= 11 is 0. The van der Waals surface area contributed by atoms with Crippen LogP contribution < -0.4 is 10.5 Å². The number of hydrogen-bond acceptors (Lipinski definition) is 3. The van der Waals surface area contributed by atoms with Crippen LogP contribution in [0.15, 0.2) is 36.5 Å². The van der Waals surface area contributed by atoms with Gasteiger partial charge >= 0.3 is 0 Å². The van der Waals surface area contributed by atoms with Crippen LogP contribution in [0.5, 0.6) is 5.88 Å². The second-order valence-corrected chi connectivity index (χ2v) is 4.75. The number of carbonyl (C=O) groups is 1. The van der Waals surface area contributed by atoms with Crippen molar-refractivity contribution in [1.82, 2.24) is 9.78 Å². The lowest BCUT2D eigenvalue weighted by atomic mass is 10.1. The van der Waals surface area contributed by atoms with Crippen LogP contribution in [-0.2, 0) is 4.79 Å². The van der Waals surface area contributed by atoms with E-state index in [9.17, 15) is 18.0 Å². The smallest absolute Gasteiger partial charge is 0.233 e. The number of nitrogens with zero attached hydrogens (tertiary/aromatic N) is 2. The zero-order valence-electron chi connectivity index (χ0n) is 12.2. The molecule has 0 aliphatic rings. The van der Waals surface area contributed by atoms with Gasteiger partial charge in [-0.05, 0) is 0 Å². The summed E-state index contributed by atoms with van der Waals surface area (Å²) in [6.07, 6.45) is 4.60. The summed E-state index contributed by atoms with van der Waals surface area (Å²) in [5, 5.41) is 3.96. The largest absolute Gasteiger partial charge is 0.472 e. The quantitative estimate of drug-likeness (QED) is 0.655. The maximum atomic E-state index is 13.2. The first-order chi connectivity index (χ1) is 10.9. The Morgan fingerprint density at radius 2 is 2.04 bits per heavy atom. The predicted molar refractivity (Wildman–Crippen MR) is 76.4 cm³/mol. The van der Waals surface area contributed by atoms with Crippen LogP contribution in [0.2, 0.25) is 0 Å². The monoisotopic (exact) mass is 325 g/mol. The summed E-state index contributed by atoms with van der Waals surface area (Å²) in [7, 11) is 0. The molecule has 1 aromatic heterocycles. The van der Waals surface area contributed by atoms with Gasteiger partial charge in [0.1, 0.15) is 6.61 Å². The highest BCUT2D eigenvalue weighted by Gasteiger charge is 2.12. The maximum absolute atomic E-state index is 13.2. The van der Waals surface area contributed by atoms with Crippen molar-refractivity contribution in [3.05, 3.63) is 54.0 Å². The summed E-state index contributed by atoms with van der Waals surface area (Å²) in [5.41, 5.74) is 5.12. The lowest BCUT2D eigenvalue weighted by molar-refractivity contribution is -0.120. The van der Waals surface area contributed by atoms with Gasteiger partial charge in [-0.15, -0.1) is 5.10 Å². The molecular weight excluding hydrogens is 311 g/mol. The zero-order valence-corrected chi connectivity index (χ0v) is 12.2. The normalized spacial score (nSPS) is 12.5. The number of hydrogen-bond donors (Lipinski definition) is 1. The fraction of sp³-hybridized carbons (Fsp3) is 0.200. The van der Waals surface area contributed by atoms with Gasteiger partial charge in [0.2, 0.25) is 11.8 Å². The number of ether oxygens (including phenoxy) is 1. The third-order valence-corrected chi connectivity index (χ3v) is 3.00. The van der Waals surface area contributed by atoms with Crippen molar-refractivity contribution in [3.8, 4) is 11.6 Å². The molecule has 8 heteroatoms. The van der Waals surface area contributed by atoms with E-state index in [0.29, 0.717) is 0 Å². The molecule has 0 aliphatic carbocycles. The first-order valence-corrected chi connectivity index (χ1v) is 6.68. The molecule has 1 atom stereocenters. The lowest BCUT2D eigenvalue weighted by Gasteiger charge is -2.03. The molecule has 0 saturated carbocycles. The van der Waals surface area contributed by atoms with E-state index in [4.69, 9.17) is 10.5 Å². The number of primary amides is 1.